The second-order valence-electron chi connectivity index (χ2n) is 2.79. The Hall–Kier alpha value is -1.73. The number of carbonyl (C=O) groups excluding carboxylic acids is 1. The molecule has 1 aromatic rings. The van der Waals surface area contributed by atoms with E-state index < -0.39 is 0 Å². The molecule has 5 heteroatoms. The van der Waals surface area contributed by atoms with E-state index in [9.17, 15) is 4.79 Å². The number of benzene rings is 1. The molecule has 1 N–H and O–H groups in total. The fraction of sp³-hybridized carbons (Fsp3) is 0.200. The Balaban J connectivity index is 3.35. The lowest BCUT2D eigenvalue weighted by Crippen LogP contribution is -2.09. The van der Waals surface area contributed by atoms with Crippen molar-refractivity contribution in [3.05, 3.63) is 22.7 Å². The van der Waals surface area contributed by atoms with Gasteiger partial charge in [-0.05, 0) is 12.1 Å². The smallest absolute Gasteiger partial charge is 0.221 e. The summed E-state index contributed by atoms with van der Waals surface area (Å²) in [6.45, 7) is 1.35. The topological polar surface area (TPSA) is 62.1 Å². The molecule has 1 rings (SSSR count). The SMILES string of the molecule is COc1ccc(Cl)c(C#N)c1NC(C)=O. The molecular formula is C10H9ClN2O2. The molecule has 15 heavy (non-hydrogen) atoms. The van der Waals surface area contributed by atoms with Crippen molar-refractivity contribution in [3.8, 4) is 11.8 Å². The summed E-state index contributed by atoms with van der Waals surface area (Å²) >= 11 is 5.81. The summed E-state index contributed by atoms with van der Waals surface area (Å²) in [5.74, 6) is 0.123. The fourth-order valence-corrected chi connectivity index (χ4v) is 1.34. The molecular weight excluding hydrogens is 216 g/mol. The first-order valence-corrected chi connectivity index (χ1v) is 4.52. The van der Waals surface area contributed by atoms with Crippen LogP contribution in [-0.4, -0.2) is 13.0 Å². The van der Waals surface area contributed by atoms with Gasteiger partial charge in [0.25, 0.3) is 0 Å². The number of carbonyl (C=O) groups is 1. The standard InChI is InChI=1S/C10H9ClN2O2/c1-6(14)13-10-7(5-12)8(11)3-4-9(10)15-2/h3-4H,1-2H3,(H,13,14). The van der Waals surface area contributed by atoms with E-state index in [-0.39, 0.29) is 16.5 Å². The summed E-state index contributed by atoms with van der Waals surface area (Å²) in [6, 6.07) is 5.05. The first-order valence-electron chi connectivity index (χ1n) is 4.14. The molecule has 0 aliphatic rings. The lowest BCUT2D eigenvalue weighted by Gasteiger charge is -2.11. The molecule has 0 heterocycles. The number of methoxy groups -OCH3 is 1. The van der Waals surface area contributed by atoms with Crippen LogP contribution in [0.5, 0.6) is 5.75 Å². The van der Waals surface area contributed by atoms with Crippen LogP contribution in [0.25, 0.3) is 0 Å². The van der Waals surface area contributed by atoms with E-state index in [0.29, 0.717) is 11.4 Å². The molecule has 0 saturated carbocycles. The Morgan fingerprint density at radius 3 is 2.73 bits per heavy atom. The molecule has 0 aromatic heterocycles. The Bertz CT molecular complexity index is 438. The zero-order valence-corrected chi connectivity index (χ0v) is 9.05. The van der Waals surface area contributed by atoms with Crippen molar-refractivity contribution in [2.24, 2.45) is 0 Å². The molecule has 0 aliphatic carbocycles. The quantitative estimate of drug-likeness (QED) is 0.838. The molecule has 0 radical (unpaired) electrons. The van der Waals surface area contributed by atoms with Crippen molar-refractivity contribution in [1.29, 1.82) is 5.26 Å². The molecule has 4 nitrogen and oxygen atoms in total. The number of hydrogen-bond donors (Lipinski definition) is 1. The van der Waals surface area contributed by atoms with Gasteiger partial charge in [-0.1, -0.05) is 11.6 Å². The van der Waals surface area contributed by atoms with Crippen LogP contribution in [0.3, 0.4) is 0 Å². The van der Waals surface area contributed by atoms with Gasteiger partial charge in [0, 0.05) is 6.92 Å². The second-order valence-corrected chi connectivity index (χ2v) is 3.20. The third kappa shape index (κ3) is 2.39. The molecule has 1 amide bonds. The van der Waals surface area contributed by atoms with Gasteiger partial charge >= 0.3 is 0 Å². The molecule has 0 unspecified atom stereocenters. The van der Waals surface area contributed by atoms with Gasteiger partial charge in [-0.3, -0.25) is 4.79 Å². The Kier molecular flexibility index (Phi) is 3.53. The van der Waals surface area contributed by atoms with Gasteiger partial charge in [-0.15, -0.1) is 0 Å². The first-order chi connectivity index (χ1) is 7.10. The minimum absolute atomic E-state index is 0.200. The van der Waals surface area contributed by atoms with Crippen molar-refractivity contribution < 1.29 is 9.53 Å². The monoisotopic (exact) mass is 224 g/mol. The zero-order chi connectivity index (χ0) is 11.4. The van der Waals surface area contributed by atoms with Gasteiger partial charge in [-0.25, -0.2) is 0 Å². The predicted octanol–water partition coefficient (Wildman–Crippen LogP) is 2.18. The first kappa shape index (κ1) is 11.3. The maximum atomic E-state index is 10.9. The maximum absolute atomic E-state index is 10.9. The summed E-state index contributed by atoms with van der Waals surface area (Å²) < 4.78 is 5.02. The predicted molar refractivity (Wildman–Crippen MR) is 57.0 cm³/mol. The van der Waals surface area contributed by atoms with Gasteiger partial charge in [0.15, 0.2) is 0 Å². The van der Waals surface area contributed by atoms with Crippen molar-refractivity contribution in [2.75, 3.05) is 12.4 Å². The summed E-state index contributed by atoms with van der Waals surface area (Å²) in [6.07, 6.45) is 0. The largest absolute Gasteiger partial charge is 0.495 e. The average Bonchev–Trinajstić information content (AvgIpc) is 2.18. The van der Waals surface area contributed by atoms with E-state index in [1.807, 2.05) is 6.07 Å². The van der Waals surface area contributed by atoms with Gasteiger partial charge < -0.3 is 10.1 Å². The number of ether oxygens (including phenoxy) is 1. The fourth-order valence-electron chi connectivity index (χ4n) is 1.14. The minimum Gasteiger partial charge on any atom is -0.495 e. The molecule has 78 valence electrons. The molecule has 0 fully saturated rings. The van der Waals surface area contributed by atoms with Gasteiger partial charge in [0.05, 0.1) is 17.7 Å². The highest BCUT2D eigenvalue weighted by molar-refractivity contribution is 6.32. The average molecular weight is 225 g/mol. The van der Waals surface area contributed by atoms with E-state index >= 15 is 0 Å². The van der Waals surface area contributed by atoms with E-state index in [1.165, 1.54) is 14.0 Å². The van der Waals surface area contributed by atoms with Crippen LogP contribution >= 0.6 is 11.6 Å². The highest BCUT2D eigenvalue weighted by atomic mass is 35.5. The van der Waals surface area contributed by atoms with Crippen molar-refractivity contribution in [3.63, 3.8) is 0 Å². The molecule has 0 aliphatic heterocycles. The normalized spacial score (nSPS) is 9.20. The van der Waals surface area contributed by atoms with E-state index in [4.69, 9.17) is 21.6 Å². The number of halogens is 1. The summed E-state index contributed by atoms with van der Waals surface area (Å²) in [5, 5.41) is 11.7. The third-order valence-electron chi connectivity index (χ3n) is 1.75. The summed E-state index contributed by atoms with van der Waals surface area (Å²) in [7, 11) is 1.45. The van der Waals surface area contributed by atoms with Gasteiger partial charge in [0.2, 0.25) is 5.91 Å². The lowest BCUT2D eigenvalue weighted by atomic mass is 10.1. The van der Waals surface area contributed by atoms with Crippen molar-refractivity contribution in [1.82, 2.24) is 0 Å². The Labute approximate surface area is 92.4 Å². The molecule has 0 bridgehead atoms. The van der Waals surface area contributed by atoms with Crippen molar-refractivity contribution >= 4 is 23.2 Å². The van der Waals surface area contributed by atoms with Crippen LogP contribution in [0.4, 0.5) is 5.69 Å². The number of anilines is 1. The van der Waals surface area contributed by atoms with Crippen LogP contribution in [0.2, 0.25) is 5.02 Å². The molecule has 0 spiro atoms. The van der Waals surface area contributed by atoms with E-state index in [1.54, 1.807) is 12.1 Å². The lowest BCUT2D eigenvalue weighted by molar-refractivity contribution is -0.114. The molecule has 0 atom stereocenters. The maximum Gasteiger partial charge on any atom is 0.221 e. The van der Waals surface area contributed by atoms with Gasteiger partial charge in [0.1, 0.15) is 17.5 Å². The molecule has 1 aromatic carbocycles. The number of nitrogens with one attached hydrogen (secondary N) is 1. The highest BCUT2D eigenvalue weighted by Crippen LogP contribution is 2.32. The van der Waals surface area contributed by atoms with E-state index in [0.717, 1.165) is 0 Å². The third-order valence-corrected chi connectivity index (χ3v) is 2.06. The van der Waals surface area contributed by atoms with Crippen LogP contribution in [0.15, 0.2) is 12.1 Å². The minimum atomic E-state index is -0.285. The number of nitriles is 1. The molecule has 0 saturated heterocycles. The zero-order valence-electron chi connectivity index (χ0n) is 8.30. The van der Waals surface area contributed by atoms with Crippen LogP contribution in [0, 0.1) is 11.3 Å². The van der Waals surface area contributed by atoms with E-state index in [2.05, 4.69) is 5.32 Å². The van der Waals surface area contributed by atoms with Gasteiger partial charge in [-0.2, -0.15) is 5.26 Å². The highest BCUT2D eigenvalue weighted by Gasteiger charge is 2.13. The van der Waals surface area contributed by atoms with Crippen LogP contribution in [0.1, 0.15) is 12.5 Å². The van der Waals surface area contributed by atoms with Crippen molar-refractivity contribution in [2.45, 2.75) is 6.92 Å². The Morgan fingerprint density at radius 1 is 1.60 bits per heavy atom. The van der Waals surface area contributed by atoms with Crippen LogP contribution < -0.4 is 10.1 Å². The van der Waals surface area contributed by atoms with Crippen LogP contribution in [-0.2, 0) is 4.79 Å². The number of hydrogen-bond acceptors (Lipinski definition) is 3. The number of amides is 1. The second kappa shape index (κ2) is 4.67. The number of rotatable bonds is 2. The number of nitrogens with zero attached hydrogens (tertiary/aromatic N) is 1. The summed E-state index contributed by atoms with van der Waals surface area (Å²) in [5.41, 5.74) is 0.506. The summed E-state index contributed by atoms with van der Waals surface area (Å²) in [4.78, 5) is 10.9. The Morgan fingerprint density at radius 2 is 2.27 bits per heavy atom.